The van der Waals surface area contributed by atoms with Crippen LogP contribution in [0.4, 0.5) is 0 Å². The normalized spacial score (nSPS) is 12.5. The van der Waals surface area contributed by atoms with Gasteiger partial charge in [-0.3, -0.25) is 9.59 Å². The molecule has 0 radical (unpaired) electrons. The minimum absolute atomic E-state index is 0.112. The molecular formula is C20H13N3O3S. The van der Waals surface area contributed by atoms with Crippen LogP contribution in [0.5, 0.6) is 0 Å². The third kappa shape index (κ3) is 2.43. The molecule has 6 nitrogen and oxygen atoms in total. The Morgan fingerprint density at radius 3 is 2.67 bits per heavy atom. The number of hydrogen-bond acceptors (Lipinski definition) is 4. The van der Waals surface area contributed by atoms with Crippen LogP contribution in [0.1, 0.15) is 5.56 Å². The number of rotatable bonds is 3. The molecule has 0 aliphatic rings. The maximum atomic E-state index is 12.9. The molecule has 0 fully saturated rings. The first-order chi connectivity index (χ1) is 13.1. The summed E-state index contributed by atoms with van der Waals surface area (Å²) in [5, 5.41) is 10.1. The van der Waals surface area contributed by atoms with E-state index in [2.05, 4.69) is 4.98 Å². The van der Waals surface area contributed by atoms with Crippen LogP contribution in [0.2, 0.25) is 0 Å². The molecule has 0 saturated carbocycles. The number of aromatic nitrogens is 3. The molecule has 0 aliphatic carbocycles. The highest BCUT2D eigenvalue weighted by molar-refractivity contribution is 7.15. The van der Waals surface area contributed by atoms with Crippen LogP contribution in [0.3, 0.4) is 0 Å². The molecule has 3 aromatic heterocycles. The summed E-state index contributed by atoms with van der Waals surface area (Å²) in [4.78, 5) is 29.3. The number of hydrogen-bond donors (Lipinski definition) is 1. The predicted octanol–water partition coefficient (Wildman–Crippen LogP) is 2.50. The van der Waals surface area contributed by atoms with Crippen molar-refractivity contribution in [3.05, 3.63) is 75.2 Å². The smallest absolute Gasteiger partial charge is 0.323 e. The summed E-state index contributed by atoms with van der Waals surface area (Å²) >= 11 is 1.33. The van der Waals surface area contributed by atoms with Crippen LogP contribution in [0.25, 0.3) is 33.0 Å². The summed E-state index contributed by atoms with van der Waals surface area (Å²) < 4.78 is 3.88. The zero-order valence-electron chi connectivity index (χ0n) is 14.0. The molecule has 0 unspecified atom stereocenters. The number of imidazole rings is 1. The van der Waals surface area contributed by atoms with E-state index in [1.54, 1.807) is 15.2 Å². The topological polar surface area (TPSA) is 76.6 Å². The van der Waals surface area contributed by atoms with Crippen molar-refractivity contribution in [3.8, 4) is 0 Å². The third-order valence-corrected chi connectivity index (χ3v) is 5.53. The number of fused-ring (bicyclic) bond motifs is 4. The highest BCUT2D eigenvalue weighted by atomic mass is 32.1. The van der Waals surface area contributed by atoms with E-state index >= 15 is 0 Å². The van der Waals surface area contributed by atoms with E-state index in [0.29, 0.717) is 9.49 Å². The molecule has 132 valence electrons. The van der Waals surface area contributed by atoms with Gasteiger partial charge in [-0.25, -0.2) is 9.38 Å². The molecule has 3 heterocycles. The fraction of sp³-hybridized carbons (Fsp3) is 0.0500. The minimum Gasteiger partial charge on any atom is -0.480 e. The summed E-state index contributed by atoms with van der Waals surface area (Å²) in [6.45, 7) is -0.128. The van der Waals surface area contributed by atoms with Gasteiger partial charge < -0.3 is 9.67 Å². The summed E-state index contributed by atoms with van der Waals surface area (Å²) in [7, 11) is 0. The van der Waals surface area contributed by atoms with E-state index in [9.17, 15) is 9.59 Å². The number of aliphatic carboxylic acids is 1. The SMILES string of the molecule is O=C(O)Cn1cc(C=c2sc3nc4ccccc4n3c2=O)c2ccccc21. The molecule has 5 rings (SSSR count). The molecule has 2 aromatic carbocycles. The van der Waals surface area contributed by atoms with Gasteiger partial charge in [0.05, 0.1) is 15.6 Å². The van der Waals surface area contributed by atoms with Crippen LogP contribution in [0, 0.1) is 0 Å². The number of nitrogens with zero attached hydrogens (tertiary/aromatic N) is 3. The Hall–Kier alpha value is -3.45. The second-order valence-electron chi connectivity index (χ2n) is 6.26. The predicted molar refractivity (Wildman–Crippen MR) is 105 cm³/mol. The monoisotopic (exact) mass is 375 g/mol. The first-order valence-corrected chi connectivity index (χ1v) is 9.15. The van der Waals surface area contributed by atoms with Crippen LogP contribution < -0.4 is 10.1 Å². The fourth-order valence-corrected chi connectivity index (χ4v) is 4.40. The van der Waals surface area contributed by atoms with Gasteiger partial charge >= 0.3 is 5.97 Å². The molecule has 0 saturated heterocycles. The lowest BCUT2D eigenvalue weighted by Gasteiger charge is -1.99. The number of para-hydroxylation sites is 3. The molecule has 0 aliphatic heterocycles. The van der Waals surface area contributed by atoms with Crippen molar-refractivity contribution >= 4 is 50.3 Å². The lowest BCUT2D eigenvalue weighted by Crippen LogP contribution is -2.22. The first kappa shape index (κ1) is 15.8. The number of thiazole rings is 1. The van der Waals surface area contributed by atoms with Gasteiger partial charge in [0.2, 0.25) is 0 Å². The van der Waals surface area contributed by atoms with Gasteiger partial charge in [-0.1, -0.05) is 41.7 Å². The molecular weight excluding hydrogens is 362 g/mol. The Labute approximate surface area is 156 Å². The highest BCUT2D eigenvalue weighted by Crippen LogP contribution is 2.22. The van der Waals surface area contributed by atoms with Gasteiger partial charge in [0, 0.05) is 22.7 Å². The zero-order chi connectivity index (χ0) is 18.5. The first-order valence-electron chi connectivity index (χ1n) is 8.33. The van der Waals surface area contributed by atoms with Crippen molar-refractivity contribution < 1.29 is 9.90 Å². The Morgan fingerprint density at radius 1 is 1.11 bits per heavy atom. The average molecular weight is 375 g/mol. The molecule has 0 bridgehead atoms. The third-order valence-electron chi connectivity index (χ3n) is 4.56. The quantitative estimate of drug-likeness (QED) is 0.526. The minimum atomic E-state index is -0.909. The number of benzene rings is 2. The summed E-state index contributed by atoms with van der Waals surface area (Å²) in [6.07, 6.45) is 3.59. The summed E-state index contributed by atoms with van der Waals surface area (Å²) in [5.74, 6) is -0.909. The van der Waals surface area contributed by atoms with Gasteiger partial charge in [-0.2, -0.15) is 0 Å². The lowest BCUT2D eigenvalue weighted by atomic mass is 10.2. The van der Waals surface area contributed by atoms with Gasteiger partial charge in [-0.05, 0) is 24.3 Å². The Balaban J connectivity index is 1.77. The standard InChI is InChI=1S/C20H13N3O3S/c24-18(25)11-22-10-12(13-5-1-3-7-15(13)22)9-17-19(26)23-16-8-4-2-6-14(16)21-20(23)27-17/h1-10H,11H2,(H,24,25). The van der Waals surface area contributed by atoms with E-state index in [4.69, 9.17) is 5.11 Å². The zero-order valence-corrected chi connectivity index (χ0v) is 14.8. The molecule has 5 aromatic rings. The number of carboxylic acids is 1. The van der Waals surface area contributed by atoms with Crippen LogP contribution in [0.15, 0.2) is 59.5 Å². The van der Waals surface area contributed by atoms with E-state index in [-0.39, 0.29) is 12.1 Å². The molecule has 0 spiro atoms. The fourth-order valence-electron chi connectivity index (χ4n) is 3.42. The van der Waals surface area contributed by atoms with Gasteiger partial charge in [0.25, 0.3) is 5.56 Å². The van der Waals surface area contributed by atoms with E-state index in [0.717, 1.165) is 27.5 Å². The van der Waals surface area contributed by atoms with Gasteiger partial charge in [-0.15, -0.1) is 0 Å². The van der Waals surface area contributed by atoms with E-state index in [1.807, 2.05) is 54.6 Å². The average Bonchev–Trinajstić information content (AvgIpc) is 3.28. The Morgan fingerprint density at radius 2 is 1.85 bits per heavy atom. The van der Waals surface area contributed by atoms with Gasteiger partial charge in [0.15, 0.2) is 4.96 Å². The Kier molecular flexibility index (Phi) is 3.38. The van der Waals surface area contributed by atoms with Gasteiger partial charge in [0.1, 0.15) is 6.54 Å². The van der Waals surface area contributed by atoms with Crippen molar-refractivity contribution in [3.63, 3.8) is 0 Å². The summed E-state index contributed by atoms with van der Waals surface area (Å²) in [6, 6.07) is 15.1. The molecule has 0 amide bonds. The summed E-state index contributed by atoms with van der Waals surface area (Å²) in [5.41, 5.74) is 3.12. The van der Waals surface area contributed by atoms with E-state index in [1.165, 1.54) is 11.3 Å². The van der Waals surface area contributed by atoms with E-state index < -0.39 is 5.97 Å². The van der Waals surface area contributed by atoms with Crippen molar-refractivity contribution in [2.45, 2.75) is 6.54 Å². The number of carboxylic acid groups (broad SMARTS) is 1. The second kappa shape index (κ2) is 5.78. The largest absolute Gasteiger partial charge is 0.480 e. The van der Waals surface area contributed by atoms with Crippen molar-refractivity contribution in [2.24, 2.45) is 0 Å². The molecule has 0 atom stereocenters. The lowest BCUT2D eigenvalue weighted by molar-refractivity contribution is -0.137. The van der Waals surface area contributed by atoms with Crippen LogP contribution in [-0.2, 0) is 11.3 Å². The molecule has 7 heteroatoms. The maximum absolute atomic E-state index is 12.9. The second-order valence-corrected chi connectivity index (χ2v) is 7.27. The maximum Gasteiger partial charge on any atom is 0.323 e. The number of carbonyl (C=O) groups is 1. The van der Waals surface area contributed by atoms with Crippen LogP contribution >= 0.6 is 11.3 Å². The molecule has 1 N–H and O–H groups in total. The van der Waals surface area contributed by atoms with Crippen LogP contribution in [-0.4, -0.2) is 25.0 Å². The Bertz CT molecular complexity index is 1460. The van der Waals surface area contributed by atoms with Crippen molar-refractivity contribution in [2.75, 3.05) is 0 Å². The van der Waals surface area contributed by atoms with Crippen molar-refractivity contribution in [1.82, 2.24) is 14.0 Å². The molecule has 27 heavy (non-hydrogen) atoms. The van der Waals surface area contributed by atoms with Crippen molar-refractivity contribution in [1.29, 1.82) is 0 Å². The highest BCUT2D eigenvalue weighted by Gasteiger charge is 2.12.